The fourth-order valence-electron chi connectivity index (χ4n) is 5.70. The second-order valence-electron chi connectivity index (χ2n) is 10.1. The first kappa shape index (κ1) is 26.6. The van der Waals surface area contributed by atoms with Gasteiger partial charge in [-0.25, -0.2) is 4.79 Å². The Morgan fingerprint density at radius 2 is 1.86 bits per heavy atom. The van der Waals surface area contributed by atoms with Crippen LogP contribution in [0.3, 0.4) is 0 Å². The first-order valence-electron chi connectivity index (χ1n) is 13.2. The summed E-state index contributed by atoms with van der Waals surface area (Å²) >= 11 is 1.33. The second-order valence-corrected chi connectivity index (χ2v) is 11.1. The molecule has 3 fully saturated rings. The second kappa shape index (κ2) is 12.7. The third kappa shape index (κ3) is 6.45. The lowest BCUT2D eigenvalue weighted by Gasteiger charge is -2.42. The minimum absolute atomic E-state index is 0.0456. The highest BCUT2D eigenvalue weighted by Gasteiger charge is 2.40. The molecule has 0 aromatic carbocycles. The van der Waals surface area contributed by atoms with Crippen LogP contribution in [-0.2, 0) is 19.1 Å². The number of hydrogen-bond donors (Lipinski definition) is 2. The Morgan fingerprint density at radius 1 is 1.11 bits per heavy atom. The summed E-state index contributed by atoms with van der Waals surface area (Å²) in [5.74, 6) is -0.761. The van der Waals surface area contributed by atoms with E-state index in [0.29, 0.717) is 23.8 Å². The van der Waals surface area contributed by atoms with Crippen LogP contribution in [0.25, 0.3) is 0 Å². The molecule has 3 aliphatic rings. The lowest BCUT2D eigenvalue weighted by molar-refractivity contribution is -0.148. The maximum atomic E-state index is 13.6. The van der Waals surface area contributed by atoms with Gasteiger partial charge >= 0.3 is 5.97 Å². The van der Waals surface area contributed by atoms with Crippen LogP contribution in [0.15, 0.2) is 17.5 Å². The Kier molecular flexibility index (Phi) is 9.36. The third-order valence-corrected chi connectivity index (χ3v) is 8.63. The van der Waals surface area contributed by atoms with E-state index in [9.17, 15) is 19.2 Å². The van der Waals surface area contributed by atoms with Crippen LogP contribution in [0.2, 0.25) is 0 Å². The predicted molar refractivity (Wildman–Crippen MR) is 136 cm³/mol. The van der Waals surface area contributed by atoms with Crippen LogP contribution in [0.5, 0.6) is 0 Å². The third-order valence-electron chi connectivity index (χ3n) is 7.77. The molecule has 2 saturated heterocycles. The highest BCUT2D eigenvalue weighted by atomic mass is 32.1. The molecule has 0 unspecified atom stereocenters. The average molecular weight is 519 g/mol. The van der Waals surface area contributed by atoms with Gasteiger partial charge in [0.05, 0.1) is 18.5 Å². The summed E-state index contributed by atoms with van der Waals surface area (Å²) in [5.41, 5.74) is 0. The number of hydrogen-bond acceptors (Lipinski definition) is 7. The van der Waals surface area contributed by atoms with Crippen molar-refractivity contribution >= 4 is 35.0 Å². The van der Waals surface area contributed by atoms with Gasteiger partial charge < -0.3 is 25.2 Å². The molecule has 3 amide bonds. The van der Waals surface area contributed by atoms with E-state index in [1.54, 1.807) is 21.9 Å². The predicted octanol–water partition coefficient (Wildman–Crippen LogP) is 2.03. The summed E-state index contributed by atoms with van der Waals surface area (Å²) in [6.07, 6.45) is 7.61. The summed E-state index contributed by atoms with van der Waals surface area (Å²) in [6, 6.07) is 1.92. The quantitative estimate of drug-likeness (QED) is 0.535. The van der Waals surface area contributed by atoms with Gasteiger partial charge in [-0.3, -0.25) is 14.4 Å². The Morgan fingerprint density at radius 3 is 2.53 bits per heavy atom. The number of amides is 3. The molecule has 2 N–H and O–H groups in total. The number of carbonyl (C=O) groups is 4. The fraction of sp³-hybridized carbons (Fsp3) is 0.692. The fourth-order valence-corrected chi connectivity index (χ4v) is 6.38. The first-order chi connectivity index (χ1) is 17.5. The topological polar surface area (TPSA) is 108 Å². The van der Waals surface area contributed by atoms with Crippen molar-refractivity contribution in [1.29, 1.82) is 0 Å². The molecule has 10 heteroatoms. The van der Waals surface area contributed by atoms with Gasteiger partial charge in [0.25, 0.3) is 5.91 Å². The van der Waals surface area contributed by atoms with Crippen LogP contribution in [0.1, 0.15) is 61.0 Å². The highest BCUT2D eigenvalue weighted by Crippen LogP contribution is 2.28. The van der Waals surface area contributed by atoms with Crippen molar-refractivity contribution in [2.75, 3.05) is 39.8 Å². The van der Waals surface area contributed by atoms with Gasteiger partial charge in [0, 0.05) is 19.0 Å². The molecule has 1 saturated carbocycles. The molecule has 2 aliphatic heterocycles. The Balaban J connectivity index is 1.50. The van der Waals surface area contributed by atoms with E-state index in [-0.39, 0.29) is 30.8 Å². The number of methoxy groups -OCH3 is 1. The van der Waals surface area contributed by atoms with E-state index in [1.165, 1.54) is 24.9 Å². The molecule has 198 valence electrons. The van der Waals surface area contributed by atoms with Crippen LogP contribution >= 0.6 is 11.3 Å². The lowest BCUT2D eigenvalue weighted by atomic mass is 9.84. The van der Waals surface area contributed by atoms with Crippen LogP contribution in [-0.4, -0.2) is 85.4 Å². The Labute approximate surface area is 216 Å². The molecule has 0 bridgehead atoms. The number of ether oxygens (including phenoxy) is 1. The molecule has 36 heavy (non-hydrogen) atoms. The molecule has 2 atom stereocenters. The molecular formula is C26H38N4O5S. The van der Waals surface area contributed by atoms with Crippen LogP contribution < -0.4 is 10.6 Å². The van der Waals surface area contributed by atoms with Crippen molar-refractivity contribution in [3.63, 3.8) is 0 Å². The number of carbonyl (C=O) groups excluding carboxylic acids is 4. The van der Waals surface area contributed by atoms with Crippen molar-refractivity contribution in [1.82, 2.24) is 20.4 Å². The molecular weight excluding hydrogens is 480 g/mol. The molecule has 1 aromatic heterocycles. The van der Waals surface area contributed by atoms with Crippen molar-refractivity contribution in [2.24, 2.45) is 11.8 Å². The van der Waals surface area contributed by atoms with E-state index in [1.807, 2.05) is 5.38 Å². The average Bonchev–Trinajstić information content (AvgIpc) is 3.47. The van der Waals surface area contributed by atoms with Crippen LogP contribution in [0.4, 0.5) is 0 Å². The number of thiophene rings is 1. The van der Waals surface area contributed by atoms with Gasteiger partial charge in [-0.05, 0) is 49.7 Å². The maximum absolute atomic E-state index is 13.6. The minimum atomic E-state index is -0.863. The van der Waals surface area contributed by atoms with Crippen molar-refractivity contribution < 1.29 is 23.9 Å². The number of nitrogens with one attached hydrogen (secondary N) is 2. The summed E-state index contributed by atoms with van der Waals surface area (Å²) in [4.78, 5) is 56.6. The standard InChI is InChI=1S/C26H38N4O5S/c1-35-26(34)20(16-18-6-3-2-4-7-18)28-23(31)21-17-29(24(32)19-9-11-27-12-10-19)13-14-30(21)25(33)22-8-5-15-36-22/h5,8,15,18-21,27H,2-4,6-7,9-14,16-17H2,1H3,(H,28,31)/t20-,21-/m0/s1. The minimum Gasteiger partial charge on any atom is -0.467 e. The van der Waals surface area contributed by atoms with E-state index in [2.05, 4.69) is 10.6 Å². The molecule has 4 rings (SSSR count). The molecule has 1 aliphatic carbocycles. The number of rotatable bonds is 7. The van der Waals surface area contributed by atoms with E-state index in [0.717, 1.165) is 51.6 Å². The highest BCUT2D eigenvalue weighted by molar-refractivity contribution is 7.12. The molecule has 0 radical (unpaired) electrons. The number of nitrogens with zero attached hydrogens (tertiary/aromatic N) is 2. The zero-order valence-corrected chi connectivity index (χ0v) is 21.9. The molecule has 9 nitrogen and oxygen atoms in total. The zero-order chi connectivity index (χ0) is 25.5. The van der Waals surface area contributed by atoms with Crippen molar-refractivity contribution in [3.8, 4) is 0 Å². The smallest absolute Gasteiger partial charge is 0.328 e. The summed E-state index contributed by atoms with van der Waals surface area (Å²) < 4.78 is 5.01. The molecule has 0 spiro atoms. The first-order valence-corrected chi connectivity index (χ1v) is 14.1. The summed E-state index contributed by atoms with van der Waals surface area (Å²) in [6.45, 7) is 2.41. The Hall–Kier alpha value is -2.46. The molecule has 3 heterocycles. The van der Waals surface area contributed by atoms with Gasteiger partial charge in [-0.2, -0.15) is 0 Å². The largest absolute Gasteiger partial charge is 0.467 e. The van der Waals surface area contributed by atoms with Crippen molar-refractivity contribution in [2.45, 2.75) is 63.5 Å². The van der Waals surface area contributed by atoms with E-state index >= 15 is 0 Å². The Bertz CT molecular complexity index is 911. The van der Waals surface area contributed by atoms with Gasteiger partial charge in [-0.15, -0.1) is 11.3 Å². The van der Waals surface area contributed by atoms with Crippen molar-refractivity contribution in [3.05, 3.63) is 22.4 Å². The van der Waals surface area contributed by atoms with E-state index < -0.39 is 24.0 Å². The summed E-state index contributed by atoms with van der Waals surface area (Å²) in [5, 5.41) is 8.01. The van der Waals surface area contributed by atoms with E-state index in [4.69, 9.17) is 4.74 Å². The lowest BCUT2D eigenvalue weighted by Crippen LogP contribution is -2.63. The van der Waals surface area contributed by atoms with Gasteiger partial charge in [0.2, 0.25) is 11.8 Å². The number of piperazine rings is 1. The SMILES string of the molecule is COC(=O)[C@H](CC1CCCCC1)NC(=O)[C@@H]1CN(C(=O)C2CCNCC2)CCN1C(=O)c1cccs1. The van der Waals surface area contributed by atoms with Gasteiger partial charge in [0.1, 0.15) is 12.1 Å². The number of piperidine rings is 1. The normalized spacial score (nSPS) is 22.6. The maximum Gasteiger partial charge on any atom is 0.328 e. The van der Waals surface area contributed by atoms with Gasteiger partial charge in [-0.1, -0.05) is 38.2 Å². The van der Waals surface area contributed by atoms with Crippen LogP contribution in [0, 0.1) is 11.8 Å². The number of esters is 1. The summed E-state index contributed by atoms with van der Waals surface area (Å²) in [7, 11) is 1.33. The molecule has 1 aromatic rings. The zero-order valence-electron chi connectivity index (χ0n) is 21.1. The monoisotopic (exact) mass is 518 g/mol. The van der Waals surface area contributed by atoms with Gasteiger partial charge in [0.15, 0.2) is 0 Å².